The molecular formula is C38H42ClN3O5S. The number of amides is 2. The van der Waals surface area contributed by atoms with E-state index in [1.54, 1.807) is 31.2 Å². The molecule has 0 saturated heterocycles. The summed E-state index contributed by atoms with van der Waals surface area (Å²) in [5.41, 5.74) is 2.92. The van der Waals surface area contributed by atoms with Crippen LogP contribution >= 0.6 is 11.6 Å². The Labute approximate surface area is 288 Å². The zero-order valence-corrected chi connectivity index (χ0v) is 28.9. The van der Waals surface area contributed by atoms with Gasteiger partial charge in [-0.1, -0.05) is 91.2 Å². The number of ether oxygens (including phenoxy) is 1. The number of anilines is 1. The number of sulfonamides is 1. The molecule has 4 aromatic carbocycles. The van der Waals surface area contributed by atoms with E-state index in [0.29, 0.717) is 17.4 Å². The van der Waals surface area contributed by atoms with Crippen LogP contribution in [0.1, 0.15) is 49.3 Å². The van der Waals surface area contributed by atoms with Crippen molar-refractivity contribution in [2.45, 2.75) is 69.5 Å². The molecule has 1 atom stereocenters. The Bertz CT molecular complexity index is 1790. The number of para-hydroxylation sites is 2. The van der Waals surface area contributed by atoms with E-state index in [4.69, 9.17) is 16.3 Å². The molecule has 1 fully saturated rings. The van der Waals surface area contributed by atoms with Gasteiger partial charge in [-0.2, -0.15) is 0 Å². The average Bonchev–Trinajstić information content (AvgIpc) is 3.60. The molecule has 1 N–H and O–H groups in total. The minimum atomic E-state index is -4.30. The van der Waals surface area contributed by atoms with Crippen LogP contribution in [0, 0.1) is 6.92 Å². The Morgan fingerprint density at radius 3 is 2.23 bits per heavy atom. The predicted molar refractivity (Wildman–Crippen MR) is 190 cm³/mol. The second-order valence-corrected chi connectivity index (χ2v) is 14.3. The van der Waals surface area contributed by atoms with Crippen molar-refractivity contribution >= 4 is 39.1 Å². The zero-order valence-electron chi connectivity index (χ0n) is 27.3. The highest BCUT2D eigenvalue weighted by atomic mass is 35.5. The minimum absolute atomic E-state index is 0.0312. The van der Waals surface area contributed by atoms with Crippen molar-refractivity contribution in [3.05, 3.63) is 125 Å². The maximum absolute atomic E-state index is 14.8. The summed E-state index contributed by atoms with van der Waals surface area (Å²) in [5.74, 6) is -0.463. The smallest absolute Gasteiger partial charge is 0.264 e. The molecule has 0 aliphatic heterocycles. The van der Waals surface area contributed by atoms with Gasteiger partial charge in [0.1, 0.15) is 18.3 Å². The Kier molecular flexibility index (Phi) is 11.8. The summed E-state index contributed by atoms with van der Waals surface area (Å²) in [6.45, 7) is 3.60. The van der Waals surface area contributed by atoms with Gasteiger partial charge in [0.2, 0.25) is 11.8 Å². The topological polar surface area (TPSA) is 96.0 Å². The van der Waals surface area contributed by atoms with Crippen LogP contribution < -0.4 is 14.4 Å². The Morgan fingerprint density at radius 2 is 1.54 bits per heavy atom. The number of carbonyl (C=O) groups excluding carboxylic acids is 2. The molecule has 48 heavy (non-hydrogen) atoms. The number of rotatable bonds is 14. The van der Waals surface area contributed by atoms with E-state index in [1.165, 1.54) is 29.2 Å². The van der Waals surface area contributed by atoms with Crippen molar-refractivity contribution in [3.8, 4) is 5.75 Å². The van der Waals surface area contributed by atoms with Gasteiger partial charge in [0.25, 0.3) is 10.0 Å². The summed E-state index contributed by atoms with van der Waals surface area (Å²) in [6, 6.07) is 29.0. The molecule has 252 valence electrons. The summed E-state index contributed by atoms with van der Waals surface area (Å²) in [4.78, 5) is 30.5. The lowest BCUT2D eigenvalue weighted by Gasteiger charge is -2.35. The minimum Gasteiger partial charge on any atom is -0.492 e. The quantitative estimate of drug-likeness (QED) is 0.155. The Morgan fingerprint density at radius 1 is 0.896 bits per heavy atom. The van der Waals surface area contributed by atoms with Gasteiger partial charge in [0.05, 0.1) is 17.2 Å². The molecule has 0 heterocycles. The van der Waals surface area contributed by atoms with Gasteiger partial charge in [-0.05, 0) is 79.8 Å². The van der Waals surface area contributed by atoms with E-state index in [2.05, 4.69) is 5.32 Å². The molecular weight excluding hydrogens is 646 g/mol. The molecule has 5 rings (SSSR count). The number of aryl methyl sites for hydroxylation is 1. The maximum atomic E-state index is 14.8. The number of benzene rings is 4. The summed E-state index contributed by atoms with van der Waals surface area (Å²) in [5, 5.41) is 3.59. The second kappa shape index (κ2) is 16.2. The van der Waals surface area contributed by atoms with Crippen molar-refractivity contribution in [3.63, 3.8) is 0 Å². The van der Waals surface area contributed by atoms with Gasteiger partial charge in [-0.25, -0.2) is 8.42 Å². The van der Waals surface area contributed by atoms with Crippen LogP contribution in [-0.4, -0.2) is 50.4 Å². The number of nitrogens with zero attached hydrogens (tertiary/aromatic N) is 2. The van der Waals surface area contributed by atoms with Gasteiger partial charge >= 0.3 is 0 Å². The van der Waals surface area contributed by atoms with Crippen molar-refractivity contribution in [2.75, 3.05) is 17.5 Å². The number of hydrogen-bond donors (Lipinski definition) is 1. The fourth-order valence-corrected chi connectivity index (χ4v) is 7.63. The van der Waals surface area contributed by atoms with E-state index >= 15 is 0 Å². The SMILES string of the molecule is CCOc1ccccc1N(CC(=O)N(Cc1ccccc1C)[C@@H](Cc1ccccc1)C(=O)NC1CCCC1)S(=O)(=O)c1ccc(Cl)cc1. The molecule has 0 radical (unpaired) electrons. The predicted octanol–water partition coefficient (Wildman–Crippen LogP) is 6.94. The first-order valence-electron chi connectivity index (χ1n) is 16.4. The van der Waals surface area contributed by atoms with Gasteiger partial charge in [0.15, 0.2) is 0 Å². The Hall–Kier alpha value is -4.34. The first kappa shape index (κ1) is 35.0. The summed E-state index contributed by atoms with van der Waals surface area (Å²) in [6.07, 6.45) is 4.11. The molecule has 1 saturated carbocycles. The van der Waals surface area contributed by atoms with Crippen LogP contribution in [0.5, 0.6) is 5.75 Å². The molecule has 0 unspecified atom stereocenters. The molecule has 10 heteroatoms. The maximum Gasteiger partial charge on any atom is 0.264 e. The standard InChI is InChI=1S/C38H42ClN3O5S/c1-3-47-36-20-12-11-19-34(36)42(48(45,46)33-23-21-31(39)22-24-33)27-37(43)41(26-30-16-8-7-13-28(30)2)35(25-29-14-5-4-6-15-29)38(44)40-32-17-9-10-18-32/h4-8,11-16,19-24,32,35H,3,9-10,17-18,25-27H2,1-2H3,(H,40,44)/t35-/m0/s1. The van der Waals surface area contributed by atoms with Crippen LogP contribution in [0.4, 0.5) is 5.69 Å². The van der Waals surface area contributed by atoms with Crippen LogP contribution in [0.3, 0.4) is 0 Å². The van der Waals surface area contributed by atoms with Crippen molar-refractivity contribution in [2.24, 2.45) is 0 Å². The number of nitrogens with one attached hydrogen (secondary N) is 1. The second-order valence-electron chi connectivity index (χ2n) is 12.0. The highest BCUT2D eigenvalue weighted by molar-refractivity contribution is 7.92. The third kappa shape index (κ3) is 8.57. The fraction of sp³-hybridized carbons (Fsp3) is 0.316. The number of carbonyl (C=O) groups is 2. The lowest BCUT2D eigenvalue weighted by atomic mass is 10.0. The third-order valence-electron chi connectivity index (χ3n) is 8.69. The van der Waals surface area contributed by atoms with E-state index in [-0.39, 0.29) is 35.5 Å². The molecule has 0 bridgehead atoms. The van der Waals surface area contributed by atoms with Crippen LogP contribution in [0.25, 0.3) is 0 Å². The largest absolute Gasteiger partial charge is 0.492 e. The van der Waals surface area contributed by atoms with Gasteiger partial charge in [-0.3, -0.25) is 13.9 Å². The van der Waals surface area contributed by atoms with Gasteiger partial charge in [0, 0.05) is 24.0 Å². The zero-order chi connectivity index (χ0) is 34.1. The average molecular weight is 688 g/mol. The molecule has 1 aliphatic rings. The van der Waals surface area contributed by atoms with Gasteiger partial charge in [-0.15, -0.1) is 0 Å². The van der Waals surface area contributed by atoms with Gasteiger partial charge < -0.3 is 15.0 Å². The van der Waals surface area contributed by atoms with Crippen LogP contribution in [-0.2, 0) is 32.6 Å². The Balaban J connectivity index is 1.60. The van der Waals surface area contributed by atoms with Crippen LogP contribution in [0.2, 0.25) is 5.02 Å². The fourth-order valence-electron chi connectivity index (χ4n) is 6.08. The first-order chi connectivity index (χ1) is 23.2. The van der Waals surface area contributed by atoms with E-state index in [0.717, 1.165) is 46.7 Å². The van der Waals surface area contributed by atoms with Crippen LogP contribution in [0.15, 0.2) is 108 Å². The van der Waals surface area contributed by atoms with Crippen molar-refractivity contribution in [1.82, 2.24) is 10.2 Å². The molecule has 2 amide bonds. The molecule has 0 aromatic heterocycles. The first-order valence-corrected chi connectivity index (χ1v) is 18.2. The lowest BCUT2D eigenvalue weighted by Crippen LogP contribution is -2.54. The number of hydrogen-bond acceptors (Lipinski definition) is 5. The van der Waals surface area contributed by atoms with E-state index in [1.807, 2.05) is 61.5 Å². The highest BCUT2D eigenvalue weighted by Gasteiger charge is 2.36. The van der Waals surface area contributed by atoms with Crippen molar-refractivity contribution < 1.29 is 22.7 Å². The number of halogens is 1. The molecule has 0 spiro atoms. The van der Waals surface area contributed by atoms with E-state index < -0.39 is 28.5 Å². The molecule has 4 aromatic rings. The third-order valence-corrected chi connectivity index (χ3v) is 10.7. The van der Waals surface area contributed by atoms with Crippen molar-refractivity contribution in [1.29, 1.82) is 0 Å². The summed E-state index contributed by atoms with van der Waals surface area (Å²) in [7, 11) is -4.30. The molecule has 8 nitrogen and oxygen atoms in total. The monoisotopic (exact) mass is 687 g/mol. The summed E-state index contributed by atoms with van der Waals surface area (Å²) >= 11 is 6.11. The normalized spacial score (nSPS) is 13.9. The molecule has 1 aliphatic carbocycles. The van der Waals surface area contributed by atoms with E-state index in [9.17, 15) is 18.0 Å². The highest BCUT2D eigenvalue weighted by Crippen LogP contribution is 2.33. The summed E-state index contributed by atoms with van der Waals surface area (Å²) < 4.78 is 35.7. The lowest BCUT2D eigenvalue weighted by molar-refractivity contribution is -0.140.